The lowest BCUT2D eigenvalue weighted by molar-refractivity contribution is -1.08. The molecule has 0 radical (unpaired) electrons. The first kappa shape index (κ1) is 12.9. The van der Waals surface area contributed by atoms with E-state index in [0.717, 1.165) is 81.2 Å². The zero-order valence-corrected chi connectivity index (χ0v) is 20.7. The number of hydrogen-bond donors (Lipinski definition) is 0. The van der Waals surface area contributed by atoms with Crippen molar-refractivity contribution in [3.8, 4) is 0 Å². The Balaban J connectivity index is 1.03. The molecule has 25 aliphatic rings. The molecule has 25 fully saturated rings. The number of hydrogen-bond acceptors (Lipinski definition) is 0. The van der Waals surface area contributed by atoms with Gasteiger partial charge in [0.15, 0.2) is 0 Å². The van der Waals surface area contributed by atoms with Gasteiger partial charge in [-0.2, -0.15) is 0 Å². The quantitative estimate of drug-likeness (QED) is 0.506. The minimum Gasteiger partial charge on any atom is -0.0461 e. The van der Waals surface area contributed by atoms with Gasteiger partial charge in [-0.15, -0.1) is 0 Å². The van der Waals surface area contributed by atoms with E-state index in [1.165, 1.54) is 107 Å². The Bertz CT molecular complexity index is 2130. The van der Waals surface area contributed by atoms with Crippen LogP contribution in [0.25, 0.3) is 0 Å². The predicted molar refractivity (Wildman–Crippen MR) is 118 cm³/mol. The maximum Gasteiger partial charge on any atom is -0.00184 e. The lowest BCUT2D eigenvalue weighted by Gasteiger charge is -3.52. The molecule has 15 spiro atoms. The Labute approximate surface area is 213 Å². The highest BCUT2D eigenvalue weighted by atomic mass is 15.6. The van der Waals surface area contributed by atoms with Gasteiger partial charge < -0.3 is 0 Å². The summed E-state index contributed by atoms with van der Waals surface area (Å²) in [5, 5.41) is 0. The van der Waals surface area contributed by atoms with Crippen LogP contribution in [0.2, 0.25) is 0 Å². The average molecular weight is 471 g/mol. The van der Waals surface area contributed by atoms with Crippen molar-refractivity contribution in [3.63, 3.8) is 0 Å². The molecule has 0 heteroatoms. The van der Waals surface area contributed by atoms with Crippen LogP contribution >= 0.6 is 0 Å². The summed E-state index contributed by atoms with van der Waals surface area (Å²) in [6.07, 6.45) is 7.33. The molecule has 0 aromatic rings. The second-order valence-electron chi connectivity index (χ2n) is 23.4. The van der Waals surface area contributed by atoms with Crippen LogP contribution in [-0.2, 0) is 0 Å². The molecule has 25 aliphatic carbocycles. The van der Waals surface area contributed by atoms with Gasteiger partial charge in [-0.1, -0.05) is 0 Å². The van der Waals surface area contributed by atoms with E-state index >= 15 is 0 Å². The molecular weight excluding hydrogens is 444 g/mol. The van der Waals surface area contributed by atoms with Crippen LogP contribution in [0.15, 0.2) is 0 Å². The van der Waals surface area contributed by atoms with Gasteiger partial charge in [-0.05, 0) is 213 Å². The van der Waals surface area contributed by atoms with Gasteiger partial charge in [0.25, 0.3) is 0 Å². The average Bonchev–Trinajstić information content (AvgIpc) is 3.20. The smallest absolute Gasteiger partial charge is 0.00184 e. The van der Waals surface area contributed by atoms with E-state index in [-0.39, 0.29) is 0 Å². The molecule has 174 valence electrons. The maximum atomic E-state index is 1.87. The molecule has 0 aliphatic heterocycles. The van der Waals surface area contributed by atoms with Crippen molar-refractivity contribution in [1.82, 2.24) is 0 Å². The molecule has 0 heterocycles. The highest BCUT2D eigenvalue weighted by molar-refractivity contribution is 6.01. The minimum absolute atomic E-state index is 1.08. The molecule has 0 amide bonds. The zero-order valence-electron chi connectivity index (χ0n) is 20.7. The molecule has 25 rings (SSSR count). The van der Waals surface area contributed by atoms with Crippen LogP contribution in [0.4, 0.5) is 0 Å². The molecule has 0 aromatic heterocycles. The van der Waals surface area contributed by atoms with E-state index in [0.29, 0.717) is 0 Å². The Morgan fingerprint density at radius 1 is 0.351 bits per heavy atom. The molecule has 37 heavy (non-hydrogen) atoms. The highest BCUT2D eigenvalue weighted by Gasteiger charge is 3.56. The van der Waals surface area contributed by atoms with Crippen molar-refractivity contribution < 1.29 is 0 Å². The van der Waals surface area contributed by atoms with Gasteiger partial charge in [0.05, 0.1) is 0 Å². The van der Waals surface area contributed by atoms with Crippen molar-refractivity contribution in [2.45, 2.75) is 25.7 Å². The summed E-state index contributed by atoms with van der Waals surface area (Å²) >= 11 is 0. The van der Waals surface area contributed by atoms with Crippen LogP contribution in [0.5, 0.6) is 0 Å². The number of fused-ring (bicyclic) bond motifs is 11. The first-order valence-electron chi connectivity index (χ1n) is 18.4. The third-order valence-electron chi connectivity index (χ3n) is 30.6. The summed E-state index contributed by atoms with van der Waals surface area (Å²) in [4.78, 5) is 0. The molecule has 0 bridgehead atoms. The molecule has 25 saturated carbocycles. The van der Waals surface area contributed by atoms with Crippen LogP contribution in [0.3, 0.4) is 0 Å². The first-order valence-corrected chi connectivity index (χ1v) is 18.4. The van der Waals surface area contributed by atoms with E-state index in [4.69, 9.17) is 0 Å². The van der Waals surface area contributed by atoms with Crippen molar-refractivity contribution in [2.75, 3.05) is 0 Å². The highest BCUT2D eigenvalue weighted by Crippen LogP contribution is 3.58. The minimum atomic E-state index is 1.08. The van der Waals surface area contributed by atoms with Gasteiger partial charge in [-0.25, -0.2) is 0 Å². The summed E-state index contributed by atoms with van der Waals surface area (Å²) in [6.45, 7) is 0. The van der Waals surface area contributed by atoms with Crippen molar-refractivity contribution in [1.29, 1.82) is 0 Å². The van der Waals surface area contributed by atoms with E-state index in [1.807, 2.05) is 25.7 Å². The molecule has 0 N–H and O–H groups in total. The lowest BCUT2D eigenvalue weighted by Crippen LogP contribution is -3.51. The van der Waals surface area contributed by atoms with E-state index in [9.17, 15) is 0 Å². The molecule has 0 aromatic carbocycles. The second kappa shape index (κ2) is 2.01. The fraction of sp³-hybridized carbons (Fsp3) is 1.00. The third-order valence-corrected chi connectivity index (χ3v) is 30.6. The zero-order chi connectivity index (χ0) is 20.7. The van der Waals surface area contributed by atoms with Crippen LogP contribution in [0, 0.1) is 188 Å². The molecule has 33 unspecified atom stereocenters. The van der Waals surface area contributed by atoms with Gasteiger partial charge in [0.2, 0.25) is 0 Å². The predicted octanol–water partition coefficient (Wildman–Crippen LogP) is 3.77. The Hall–Kier alpha value is 0. The summed E-state index contributed by atoms with van der Waals surface area (Å²) < 4.78 is 0. The van der Waals surface area contributed by atoms with E-state index in [2.05, 4.69) is 0 Å². The van der Waals surface area contributed by atoms with Crippen molar-refractivity contribution >= 4 is 0 Å². The largest absolute Gasteiger partial charge is 0.0461 e. The van der Waals surface area contributed by atoms with Crippen LogP contribution in [-0.4, -0.2) is 0 Å². The maximum absolute atomic E-state index is 1.87. The SMILES string of the molecule is C1C2C3C4CC5C6C7CC8C9C%10C%11C%12C%13CC%14C%15C1C21C2C3%16C3C4%17C5C64C78C95C%106C%117C%128C%14%13C%151C28C%167C36C%1745. The first-order chi connectivity index (χ1) is 18.4. The number of rotatable bonds is 0. The van der Waals surface area contributed by atoms with Crippen molar-refractivity contribution in [2.24, 2.45) is 188 Å². The fourth-order valence-electron chi connectivity index (χ4n) is 38.2. The Morgan fingerprint density at radius 3 is 2.05 bits per heavy atom. The fourth-order valence-corrected chi connectivity index (χ4v) is 38.2. The van der Waals surface area contributed by atoms with E-state index < -0.39 is 0 Å². The molecule has 33 atom stereocenters. The normalized spacial score (nSPS) is 133. The summed E-state index contributed by atoms with van der Waals surface area (Å²) in [6, 6.07) is 0. The summed E-state index contributed by atoms with van der Waals surface area (Å²) in [7, 11) is 0. The van der Waals surface area contributed by atoms with Crippen molar-refractivity contribution in [3.05, 3.63) is 0 Å². The standard InChI is InChI=1S/C37H26/c1-5-13-9-3-11-17-18-19-16-12-4-10-15-8-2-7-14-6(1)24-20(5)28(13)26(9,11)31(17)32(18)33(19)30(16)27(10,12)29(15)23(7,8)21-25(14)22(24)35(32,36(24,28)31)37(25,33)34(21,29)30/h5-22H,1-4H2. The summed E-state index contributed by atoms with van der Waals surface area (Å²) in [5.74, 6) is 24.8. The van der Waals surface area contributed by atoms with Crippen LogP contribution < -0.4 is 0 Å². The second-order valence-corrected chi connectivity index (χ2v) is 23.4. The van der Waals surface area contributed by atoms with Crippen LogP contribution in [0.1, 0.15) is 25.7 Å². The Kier molecular flexibility index (Phi) is 0.701. The van der Waals surface area contributed by atoms with Gasteiger partial charge in [0.1, 0.15) is 0 Å². The molecule has 0 saturated heterocycles. The van der Waals surface area contributed by atoms with Gasteiger partial charge in [-0.3, -0.25) is 0 Å². The Morgan fingerprint density at radius 2 is 1.08 bits per heavy atom. The third kappa shape index (κ3) is 0.309. The molecular formula is C37H26. The monoisotopic (exact) mass is 470 g/mol. The topological polar surface area (TPSA) is 0 Å². The molecule has 0 nitrogen and oxygen atoms in total. The summed E-state index contributed by atoms with van der Waals surface area (Å²) in [5.41, 5.74) is 16.7. The lowest BCUT2D eigenvalue weighted by atomic mass is 8.50. The van der Waals surface area contributed by atoms with Gasteiger partial charge in [0, 0.05) is 0 Å². The van der Waals surface area contributed by atoms with Gasteiger partial charge >= 0.3 is 0 Å². The van der Waals surface area contributed by atoms with E-state index in [1.54, 1.807) is 0 Å².